The minimum atomic E-state index is -4.08. The van der Waals surface area contributed by atoms with E-state index in [-0.39, 0.29) is 42.4 Å². The average Bonchev–Trinajstić information content (AvgIpc) is 3.84. The van der Waals surface area contributed by atoms with Gasteiger partial charge in [0.05, 0.1) is 40.5 Å². The van der Waals surface area contributed by atoms with Crippen LogP contribution >= 0.6 is 11.3 Å². The fraction of sp³-hybridized carbons (Fsp3) is 0.486. The number of aromatic nitrogens is 1. The number of thiazole rings is 1. The van der Waals surface area contributed by atoms with Gasteiger partial charge in [0.1, 0.15) is 6.04 Å². The van der Waals surface area contributed by atoms with E-state index in [0.29, 0.717) is 25.2 Å². The molecule has 4 atom stereocenters. The smallest absolute Gasteiger partial charge is 0.321 e. The van der Waals surface area contributed by atoms with Crippen molar-refractivity contribution < 1.29 is 28.3 Å². The number of rotatable bonds is 16. The molecule has 2 aliphatic rings. The second-order valence-electron chi connectivity index (χ2n) is 13.2. The van der Waals surface area contributed by atoms with Gasteiger partial charge in [0, 0.05) is 37.6 Å². The number of hydrogen-bond acceptors (Lipinski definition) is 10. The van der Waals surface area contributed by atoms with Crippen molar-refractivity contribution >= 4 is 39.5 Å². The zero-order valence-corrected chi connectivity index (χ0v) is 30.3. The Morgan fingerprint density at radius 3 is 2.54 bits per heavy atom. The van der Waals surface area contributed by atoms with Gasteiger partial charge in [-0.1, -0.05) is 61.5 Å². The van der Waals surface area contributed by atoms with Crippen molar-refractivity contribution in [1.29, 1.82) is 0 Å². The number of benzene rings is 2. The minimum Gasteiger partial charge on any atom is -0.411 e. The molecule has 1 aromatic heterocycles. The largest absolute Gasteiger partial charge is 0.411 e. The Hall–Kier alpha value is -3.89. The molecule has 3 amide bonds. The summed E-state index contributed by atoms with van der Waals surface area (Å²) in [5, 5.41) is 33.0. The lowest BCUT2D eigenvalue weighted by molar-refractivity contribution is -0.128. The number of nitrogens with zero attached hydrogens (tertiary/aromatic N) is 5. The molecule has 0 aliphatic carbocycles. The van der Waals surface area contributed by atoms with Crippen molar-refractivity contribution in [2.75, 3.05) is 32.7 Å². The van der Waals surface area contributed by atoms with Crippen molar-refractivity contribution in [3.05, 3.63) is 81.8 Å². The lowest BCUT2D eigenvalue weighted by atomic mass is 9.97. The molecule has 50 heavy (non-hydrogen) atoms. The number of nitrogens with one attached hydrogen (secondary N) is 2. The first-order chi connectivity index (χ1) is 24.0. The van der Waals surface area contributed by atoms with Gasteiger partial charge in [-0.2, -0.15) is 4.31 Å². The summed E-state index contributed by atoms with van der Waals surface area (Å²) in [6.45, 7) is 7.50. The number of oxime groups is 1. The van der Waals surface area contributed by atoms with Gasteiger partial charge >= 0.3 is 6.03 Å². The Labute approximate surface area is 298 Å². The van der Waals surface area contributed by atoms with Gasteiger partial charge in [0.15, 0.2) is 0 Å². The predicted molar refractivity (Wildman–Crippen MR) is 192 cm³/mol. The molecule has 5 rings (SSSR count). The maximum absolute atomic E-state index is 14.1. The molecule has 3 heterocycles. The van der Waals surface area contributed by atoms with Crippen LogP contribution in [0.4, 0.5) is 4.79 Å². The molecule has 13 nitrogen and oxygen atoms in total. The molecule has 0 radical (unpaired) electrons. The molecule has 4 N–H and O–H groups in total. The van der Waals surface area contributed by atoms with Crippen LogP contribution in [0.2, 0.25) is 0 Å². The third-order valence-electron chi connectivity index (χ3n) is 9.17. The van der Waals surface area contributed by atoms with Gasteiger partial charge in [-0.3, -0.25) is 4.79 Å². The number of aliphatic hydroxyl groups is 1. The van der Waals surface area contributed by atoms with Crippen LogP contribution in [0.25, 0.3) is 0 Å². The van der Waals surface area contributed by atoms with Crippen LogP contribution in [0.15, 0.2) is 70.0 Å². The monoisotopic (exact) mass is 725 g/mol. The summed E-state index contributed by atoms with van der Waals surface area (Å²) in [6.07, 6.45) is 1.86. The van der Waals surface area contributed by atoms with Crippen LogP contribution in [0.3, 0.4) is 0 Å². The predicted octanol–water partition coefficient (Wildman–Crippen LogP) is 3.05. The molecule has 2 aliphatic heterocycles. The lowest BCUT2D eigenvalue weighted by Gasteiger charge is -2.34. The standard InChI is InChI=1S/C35H47N7O6S2/c1-24(2)33(42-17-16-40(35(42)45)20-29-23-49-25(3)38-29)34(44)39-31(18-26-8-5-4-6-9-26)32(43)22-41(21-28-10-7-15-36-28)50(47,48)30-13-11-27(12-14-30)19-37-46/h4-6,8-9,11-14,19,23-24,28,31-33,36,43,46H,7,10,15-18,20-22H2,1-3H3,(H,39,44)/b37-19-/t28?,31-,32+,33-/m0/s1. The molecule has 270 valence electrons. The highest BCUT2D eigenvalue weighted by Crippen LogP contribution is 2.23. The molecule has 2 saturated heterocycles. The summed E-state index contributed by atoms with van der Waals surface area (Å²) >= 11 is 1.52. The summed E-state index contributed by atoms with van der Waals surface area (Å²) in [7, 11) is -4.08. The highest BCUT2D eigenvalue weighted by Gasteiger charge is 2.41. The van der Waals surface area contributed by atoms with Crippen LogP contribution in [0.5, 0.6) is 0 Å². The van der Waals surface area contributed by atoms with E-state index in [1.807, 2.05) is 56.5 Å². The summed E-state index contributed by atoms with van der Waals surface area (Å²) in [6, 6.07) is 13.3. The van der Waals surface area contributed by atoms with Crippen LogP contribution in [0, 0.1) is 12.8 Å². The highest BCUT2D eigenvalue weighted by molar-refractivity contribution is 7.89. The SMILES string of the molecule is Cc1nc(CN2CCN([C@H](C(=O)N[C@@H](Cc3ccccc3)[C@H](O)CN(CC3CCCN3)S(=O)(=O)c3ccc(/C=N\O)cc3)C(C)C)C2=O)cs1. The van der Waals surface area contributed by atoms with Gasteiger partial charge < -0.3 is 30.7 Å². The number of aliphatic hydroxyl groups excluding tert-OH is 1. The Morgan fingerprint density at radius 1 is 1.18 bits per heavy atom. The van der Waals surface area contributed by atoms with E-state index in [2.05, 4.69) is 20.8 Å². The summed E-state index contributed by atoms with van der Waals surface area (Å²) in [5.74, 6) is -0.646. The first-order valence-corrected chi connectivity index (χ1v) is 19.3. The Balaban J connectivity index is 1.38. The zero-order chi connectivity index (χ0) is 35.8. The van der Waals surface area contributed by atoms with Crippen molar-refractivity contribution in [2.45, 2.75) is 75.7 Å². The maximum atomic E-state index is 14.1. The number of urea groups is 1. The first kappa shape index (κ1) is 37.4. The minimum absolute atomic E-state index is 0.0335. The molecule has 0 spiro atoms. The molecule has 0 saturated carbocycles. The number of aryl methyl sites for hydroxylation is 1. The lowest BCUT2D eigenvalue weighted by Crippen LogP contribution is -2.57. The van der Waals surface area contributed by atoms with Crippen LogP contribution in [-0.2, 0) is 27.8 Å². The normalized spacial score (nSPS) is 18.8. The van der Waals surface area contributed by atoms with E-state index >= 15 is 0 Å². The van der Waals surface area contributed by atoms with E-state index in [4.69, 9.17) is 5.21 Å². The maximum Gasteiger partial charge on any atom is 0.321 e. The number of carbonyl (C=O) groups is 2. The second-order valence-corrected chi connectivity index (χ2v) is 16.2. The Kier molecular flexibility index (Phi) is 12.6. The van der Waals surface area contributed by atoms with Crippen molar-refractivity contribution in [2.24, 2.45) is 11.1 Å². The number of carbonyl (C=O) groups excluding carboxylic acids is 2. The van der Waals surface area contributed by atoms with Gasteiger partial charge in [-0.05, 0) is 61.9 Å². The number of sulfonamides is 1. The van der Waals surface area contributed by atoms with E-state index in [0.717, 1.165) is 35.7 Å². The topological polar surface area (TPSA) is 168 Å². The fourth-order valence-electron chi connectivity index (χ4n) is 6.61. The average molecular weight is 726 g/mol. The van der Waals surface area contributed by atoms with Gasteiger partial charge in [-0.15, -0.1) is 11.3 Å². The molecular formula is C35H47N7O6S2. The van der Waals surface area contributed by atoms with Crippen LogP contribution in [-0.4, -0.2) is 113 Å². The summed E-state index contributed by atoms with van der Waals surface area (Å²) < 4.78 is 29.4. The molecule has 3 aromatic rings. The molecule has 1 unspecified atom stereocenters. The van der Waals surface area contributed by atoms with E-state index in [1.54, 1.807) is 9.80 Å². The third-order valence-corrected chi connectivity index (χ3v) is 11.8. The Morgan fingerprint density at radius 2 is 1.92 bits per heavy atom. The fourth-order valence-corrected chi connectivity index (χ4v) is 8.72. The molecule has 15 heteroatoms. The van der Waals surface area contributed by atoms with Crippen LogP contribution in [0.1, 0.15) is 48.5 Å². The molecule has 2 aromatic carbocycles. The van der Waals surface area contributed by atoms with Gasteiger partial charge in [0.2, 0.25) is 15.9 Å². The molecular weight excluding hydrogens is 679 g/mol. The zero-order valence-electron chi connectivity index (χ0n) is 28.7. The molecule has 0 bridgehead atoms. The van der Waals surface area contributed by atoms with E-state index in [1.165, 1.54) is 46.1 Å². The number of hydrogen-bond donors (Lipinski definition) is 4. The summed E-state index contributed by atoms with van der Waals surface area (Å²) in [4.78, 5) is 35.5. The van der Waals surface area contributed by atoms with Crippen LogP contribution < -0.4 is 10.6 Å². The van der Waals surface area contributed by atoms with E-state index < -0.39 is 34.1 Å². The third kappa shape index (κ3) is 9.26. The quantitative estimate of drug-likeness (QED) is 0.0994. The summed E-state index contributed by atoms with van der Waals surface area (Å²) in [5.41, 5.74) is 2.19. The number of amides is 3. The van der Waals surface area contributed by atoms with Gasteiger partial charge in [0.25, 0.3) is 0 Å². The van der Waals surface area contributed by atoms with Gasteiger partial charge in [-0.25, -0.2) is 18.2 Å². The van der Waals surface area contributed by atoms with Crippen molar-refractivity contribution in [3.63, 3.8) is 0 Å². The molecule has 2 fully saturated rings. The van der Waals surface area contributed by atoms with Crippen molar-refractivity contribution in [3.8, 4) is 0 Å². The van der Waals surface area contributed by atoms with E-state index in [9.17, 15) is 23.1 Å². The Bertz CT molecular complexity index is 1710. The first-order valence-electron chi connectivity index (χ1n) is 17.0. The van der Waals surface area contributed by atoms with Crippen molar-refractivity contribution in [1.82, 2.24) is 29.7 Å². The second kappa shape index (κ2) is 16.9. The highest BCUT2D eigenvalue weighted by atomic mass is 32.2.